The van der Waals surface area contributed by atoms with Crippen LogP contribution in [0.3, 0.4) is 0 Å². The van der Waals surface area contributed by atoms with Crippen LogP contribution in [-0.2, 0) is 16.8 Å². The molecule has 1 aliphatic carbocycles. The van der Waals surface area contributed by atoms with Crippen LogP contribution < -0.4 is 15.4 Å². The summed E-state index contributed by atoms with van der Waals surface area (Å²) in [7, 11) is 3.25. The van der Waals surface area contributed by atoms with Gasteiger partial charge in [-0.05, 0) is 71.0 Å². The molecule has 40 heavy (non-hydrogen) atoms. The van der Waals surface area contributed by atoms with Gasteiger partial charge in [-0.15, -0.1) is 0 Å². The van der Waals surface area contributed by atoms with E-state index in [0.717, 1.165) is 27.8 Å². The fourth-order valence-corrected chi connectivity index (χ4v) is 4.21. The minimum Gasteiger partial charge on any atom is -0.496 e. The minimum atomic E-state index is -0.267. The summed E-state index contributed by atoms with van der Waals surface area (Å²) in [5.41, 5.74) is 6.71. The smallest absolute Gasteiger partial charge is 0.259 e. The number of nitrogens with one attached hydrogen (secondary N) is 2. The van der Waals surface area contributed by atoms with Crippen LogP contribution >= 0.6 is 0 Å². The molecule has 1 radical (unpaired) electrons. The molecule has 4 rings (SSSR count). The Kier molecular flexibility index (Phi) is 8.63. The van der Waals surface area contributed by atoms with Gasteiger partial charge < -0.3 is 15.4 Å². The summed E-state index contributed by atoms with van der Waals surface area (Å²) in [5, 5.41) is 5.98. The van der Waals surface area contributed by atoms with E-state index in [4.69, 9.17) is 4.74 Å². The van der Waals surface area contributed by atoms with Crippen molar-refractivity contribution in [3.05, 3.63) is 118 Å². The molecule has 0 bridgehead atoms. The quantitative estimate of drug-likeness (QED) is 0.248. The third-order valence-corrected chi connectivity index (χ3v) is 6.67. The van der Waals surface area contributed by atoms with Gasteiger partial charge in [0, 0.05) is 52.1 Å². The van der Waals surface area contributed by atoms with Crippen molar-refractivity contribution in [3.8, 4) is 5.75 Å². The van der Waals surface area contributed by atoms with Crippen molar-refractivity contribution >= 4 is 23.2 Å². The SMILES string of the molecule is CN=C(/C=C(/C(=O)NCc1cccnc1)C1=C[CH]1)c1cc(NC(=O)c2cc(C(C)(C)C)ccc2OC)ccc1C.[HH].[HH]. The first-order valence-corrected chi connectivity index (χ1v) is 13.1. The standard InChI is InChI=1S/C33H35N4O3.2H2/c1-21-9-13-25(37-32(39)28-16-24(33(2,3)4)12-14-30(28)40-6)17-26(21)29(34-5)18-27(23-10-11-23)31(38)36-20-22-8-7-15-35-19-22;;/h7-19H,20H2,1-6H3,(H,36,38)(H,37,39);2*1H/b27-18+,34-29?;;. The van der Waals surface area contributed by atoms with Crippen LogP contribution in [0.25, 0.3) is 0 Å². The molecule has 0 saturated carbocycles. The highest BCUT2D eigenvalue weighted by Gasteiger charge is 2.23. The monoisotopic (exact) mass is 539 g/mol. The fourth-order valence-electron chi connectivity index (χ4n) is 4.21. The van der Waals surface area contributed by atoms with Gasteiger partial charge in [0.05, 0.1) is 18.4 Å². The number of pyridine rings is 1. The Morgan fingerprint density at radius 1 is 1.10 bits per heavy atom. The van der Waals surface area contributed by atoms with Crippen molar-refractivity contribution < 1.29 is 17.2 Å². The molecule has 1 heterocycles. The van der Waals surface area contributed by atoms with Gasteiger partial charge in [-0.1, -0.05) is 45.0 Å². The highest BCUT2D eigenvalue weighted by atomic mass is 16.5. The van der Waals surface area contributed by atoms with Gasteiger partial charge in [-0.25, -0.2) is 0 Å². The molecule has 2 N–H and O–H groups in total. The number of amides is 2. The number of ether oxygens (including phenoxy) is 1. The predicted molar refractivity (Wildman–Crippen MR) is 164 cm³/mol. The molecule has 0 atom stereocenters. The minimum absolute atomic E-state index is 0. The molecule has 7 nitrogen and oxygen atoms in total. The van der Waals surface area contributed by atoms with Crippen LogP contribution in [-0.4, -0.2) is 36.7 Å². The molecule has 3 aromatic rings. The predicted octanol–water partition coefficient (Wildman–Crippen LogP) is 6.25. The number of allylic oxidation sites excluding steroid dienone is 2. The number of hydrogen-bond acceptors (Lipinski definition) is 5. The highest BCUT2D eigenvalue weighted by molar-refractivity contribution is 6.16. The second-order valence-corrected chi connectivity index (χ2v) is 10.6. The summed E-state index contributed by atoms with van der Waals surface area (Å²) in [6.45, 7) is 8.65. The zero-order valence-electron chi connectivity index (χ0n) is 23.8. The van der Waals surface area contributed by atoms with Crippen molar-refractivity contribution in [1.82, 2.24) is 10.3 Å². The molecule has 0 unspecified atom stereocenters. The Balaban J connectivity index is 0.00000308. The molecule has 0 spiro atoms. The third kappa shape index (κ3) is 6.91. The lowest BCUT2D eigenvalue weighted by Crippen LogP contribution is -2.25. The van der Waals surface area contributed by atoms with Crippen molar-refractivity contribution in [2.45, 2.75) is 39.7 Å². The molecule has 0 saturated heterocycles. The summed E-state index contributed by atoms with van der Waals surface area (Å²) in [6, 6.07) is 15.1. The summed E-state index contributed by atoms with van der Waals surface area (Å²) in [6.07, 6.45) is 9.00. The number of nitrogens with zero attached hydrogens (tertiary/aromatic N) is 2. The maximum Gasteiger partial charge on any atom is 0.259 e. The van der Waals surface area contributed by atoms with E-state index in [0.29, 0.717) is 34.8 Å². The topological polar surface area (TPSA) is 92.7 Å². The largest absolute Gasteiger partial charge is 0.496 e. The summed E-state index contributed by atoms with van der Waals surface area (Å²) in [4.78, 5) is 35.1. The van der Waals surface area contributed by atoms with Crippen LogP contribution in [0.2, 0.25) is 0 Å². The van der Waals surface area contributed by atoms with E-state index in [-0.39, 0.29) is 20.1 Å². The molecule has 1 aliphatic rings. The number of aromatic nitrogens is 1. The van der Waals surface area contributed by atoms with Crippen molar-refractivity contribution in [2.75, 3.05) is 19.5 Å². The van der Waals surface area contributed by atoms with E-state index in [1.165, 1.54) is 0 Å². The van der Waals surface area contributed by atoms with Gasteiger partial charge >= 0.3 is 0 Å². The molecule has 7 heteroatoms. The van der Waals surface area contributed by atoms with Gasteiger partial charge in [-0.2, -0.15) is 0 Å². The first-order chi connectivity index (χ1) is 19.1. The molecule has 209 valence electrons. The van der Waals surface area contributed by atoms with Crippen molar-refractivity contribution in [3.63, 3.8) is 0 Å². The summed E-state index contributed by atoms with van der Waals surface area (Å²) in [5.74, 6) is 0.0434. The number of carbonyl (C=O) groups is 2. The normalized spacial score (nSPS) is 13.4. The second-order valence-electron chi connectivity index (χ2n) is 10.6. The number of rotatable bonds is 9. The van der Waals surface area contributed by atoms with Crippen LogP contribution in [0.5, 0.6) is 5.75 Å². The Morgan fingerprint density at radius 2 is 1.88 bits per heavy atom. The van der Waals surface area contributed by atoms with Crippen molar-refractivity contribution in [2.24, 2.45) is 4.99 Å². The first-order valence-electron chi connectivity index (χ1n) is 13.1. The molecular formula is C33H39N4O3. The van der Waals surface area contributed by atoms with Crippen LogP contribution in [0.4, 0.5) is 5.69 Å². The number of methoxy groups -OCH3 is 1. The van der Waals surface area contributed by atoms with E-state index in [1.54, 1.807) is 32.6 Å². The van der Waals surface area contributed by atoms with E-state index in [2.05, 4.69) is 41.4 Å². The Bertz CT molecular complexity index is 1520. The van der Waals surface area contributed by atoms with Gasteiger partial charge in [-0.3, -0.25) is 19.6 Å². The van der Waals surface area contributed by atoms with Crippen LogP contribution in [0.1, 0.15) is 56.2 Å². The van der Waals surface area contributed by atoms with E-state index >= 15 is 0 Å². The lowest BCUT2D eigenvalue weighted by Gasteiger charge is -2.21. The molecule has 0 aliphatic heterocycles. The van der Waals surface area contributed by atoms with E-state index in [9.17, 15) is 9.59 Å². The maximum absolute atomic E-state index is 13.4. The van der Waals surface area contributed by atoms with E-state index in [1.807, 2.05) is 68.0 Å². The summed E-state index contributed by atoms with van der Waals surface area (Å²) < 4.78 is 5.48. The van der Waals surface area contributed by atoms with Crippen molar-refractivity contribution in [1.29, 1.82) is 0 Å². The van der Waals surface area contributed by atoms with Crippen LogP contribution in [0.15, 0.2) is 89.2 Å². The molecular weight excluding hydrogens is 500 g/mol. The average Bonchev–Trinajstić information content (AvgIpc) is 3.78. The van der Waals surface area contributed by atoms with Gasteiger partial charge in [0.1, 0.15) is 5.75 Å². The lowest BCUT2D eigenvalue weighted by molar-refractivity contribution is -0.117. The van der Waals surface area contributed by atoms with E-state index < -0.39 is 0 Å². The zero-order chi connectivity index (χ0) is 28.9. The number of aryl methyl sites for hydroxylation is 1. The molecule has 2 aromatic carbocycles. The Morgan fingerprint density at radius 3 is 2.50 bits per heavy atom. The molecule has 2 amide bonds. The third-order valence-electron chi connectivity index (χ3n) is 6.67. The fraction of sp³-hybridized carbons (Fsp3) is 0.242. The number of carbonyl (C=O) groups excluding carboxylic acids is 2. The number of benzene rings is 2. The number of hydrogen-bond donors (Lipinski definition) is 2. The second kappa shape index (κ2) is 12.1. The van der Waals surface area contributed by atoms with Gasteiger partial charge in [0.2, 0.25) is 0 Å². The Hall–Kier alpha value is -4.52. The molecule has 0 fully saturated rings. The number of anilines is 1. The molecule has 1 aromatic heterocycles. The maximum atomic E-state index is 13.4. The van der Waals surface area contributed by atoms with Gasteiger partial charge in [0.15, 0.2) is 0 Å². The summed E-state index contributed by atoms with van der Waals surface area (Å²) >= 11 is 0. The number of aliphatic imine (C=N–C) groups is 1. The van der Waals surface area contributed by atoms with Crippen LogP contribution in [0, 0.1) is 13.3 Å². The Labute approximate surface area is 239 Å². The lowest BCUT2D eigenvalue weighted by atomic mass is 9.86. The first kappa shape index (κ1) is 28.5. The average molecular weight is 540 g/mol. The zero-order valence-corrected chi connectivity index (χ0v) is 23.8. The highest BCUT2D eigenvalue weighted by Crippen LogP contribution is 2.30. The van der Waals surface area contributed by atoms with Gasteiger partial charge in [0.25, 0.3) is 11.8 Å².